The van der Waals surface area contributed by atoms with Gasteiger partial charge in [-0.3, -0.25) is 0 Å². The van der Waals surface area contributed by atoms with Gasteiger partial charge in [0.05, 0.1) is 12.2 Å². The maximum atomic E-state index is 14.0. The number of ether oxygens (including phenoxy) is 2. The van der Waals surface area contributed by atoms with Gasteiger partial charge in [0.25, 0.3) is 0 Å². The SMILES string of the molecule is CCOc1ccc(C(=O)Oc2ccc3cc(F)c(F)cc3c2)c(F)c1. The van der Waals surface area contributed by atoms with Crippen LogP contribution in [0.5, 0.6) is 11.5 Å². The number of hydrogen-bond donors (Lipinski definition) is 0. The molecular formula is C19H13F3O3. The molecule has 128 valence electrons. The molecule has 0 aromatic heterocycles. The van der Waals surface area contributed by atoms with E-state index in [0.29, 0.717) is 23.1 Å². The molecule has 3 rings (SSSR count). The van der Waals surface area contributed by atoms with E-state index in [-0.39, 0.29) is 11.3 Å². The van der Waals surface area contributed by atoms with E-state index in [1.807, 2.05) is 0 Å². The third-order valence-corrected chi connectivity index (χ3v) is 3.53. The number of carbonyl (C=O) groups excluding carboxylic acids is 1. The summed E-state index contributed by atoms with van der Waals surface area (Å²) < 4.78 is 50.8. The smallest absolute Gasteiger partial charge is 0.346 e. The Kier molecular flexibility index (Phi) is 4.61. The van der Waals surface area contributed by atoms with Crippen LogP contribution in [0, 0.1) is 17.5 Å². The van der Waals surface area contributed by atoms with Crippen LogP contribution in [0.1, 0.15) is 17.3 Å². The van der Waals surface area contributed by atoms with Crippen molar-refractivity contribution >= 4 is 16.7 Å². The van der Waals surface area contributed by atoms with E-state index < -0.39 is 23.4 Å². The lowest BCUT2D eigenvalue weighted by Gasteiger charge is -2.08. The first-order valence-corrected chi connectivity index (χ1v) is 7.51. The highest BCUT2D eigenvalue weighted by Gasteiger charge is 2.15. The topological polar surface area (TPSA) is 35.5 Å². The summed E-state index contributed by atoms with van der Waals surface area (Å²) in [4.78, 5) is 12.1. The Labute approximate surface area is 141 Å². The molecule has 6 heteroatoms. The largest absolute Gasteiger partial charge is 0.494 e. The fourth-order valence-corrected chi connectivity index (χ4v) is 2.36. The second kappa shape index (κ2) is 6.84. The van der Waals surface area contributed by atoms with Crippen LogP contribution in [0.2, 0.25) is 0 Å². The second-order valence-corrected chi connectivity index (χ2v) is 5.24. The minimum Gasteiger partial charge on any atom is -0.494 e. The summed E-state index contributed by atoms with van der Waals surface area (Å²) >= 11 is 0. The van der Waals surface area contributed by atoms with Gasteiger partial charge < -0.3 is 9.47 Å². The van der Waals surface area contributed by atoms with E-state index in [4.69, 9.17) is 9.47 Å². The van der Waals surface area contributed by atoms with Gasteiger partial charge in [0.15, 0.2) is 11.6 Å². The molecule has 3 nitrogen and oxygen atoms in total. The van der Waals surface area contributed by atoms with Gasteiger partial charge in [-0.15, -0.1) is 0 Å². The minimum absolute atomic E-state index is 0.0943. The normalized spacial score (nSPS) is 10.7. The van der Waals surface area contributed by atoms with Crippen molar-refractivity contribution < 1.29 is 27.4 Å². The lowest BCUT2D eigenvalue weighted by atomic mass is 10.1. The molecule has 0 N–H and O–H groups in total. The highest BCUT2D eigenvalue weighted by atomic mass is 19.2. The Bertz CT molecular complexity index is 954. The molecule has 0 saturated heterocycles. The van der Waals surface area contributed by atoms with Crippen molar-refractivity contribution in [3.05, 3.63) is 71.5 Å². The predicted molar refractivity (Wildman–Crippen MR) is 86.4 cm³/mol. The van der Waals surface area contributed by atoms with Crippen molar-refractivity contribution in [2.75, 3.05) is 6.61 Å². The number of halogens is 3. The second-order valence-electron chi connectivity index (χ2n) is 5.24. The standard InChI is InChI=1S/C19H13F3O3/c1-2-24-13-5-6-15(16(20)10-13)19(23)25-14-4-3-11-8-17(21)18(22)9-12(11)7-14/h3-10H,2H2,1H3. The summed E-state index contributed by atoms with van der Waals surface area (Å²) in [5.41, 5.74) is -0.256. The molecule has 0 amide bonds. The molecule has 0 heterocycles. The summed E-state index contributed by atoms with van der Waals surface area (Å²) in [7, 11) is 0. The number of benzene rings is 3. The van der Waals surface area contributed by atoms with Crippen molar-refractivity contribution in [3.8, 4) is 11.5 Å². The van der Waals surface area contributed by atoms with E-state index in [0.717, 1.165) is 18.2 Å². The van der Waals surface area contributed by atoms with E-state index in [1.165, 1.54) is 30.3 Å². The Morgan fingerprint density at radius 2 is 1.52 bits per heavy atom. The number of hydrogen-bond acceptors (Lipinski definition) is 3. The lowest BCUT2D eigenvalue weighted by molar-refractivity contribution is 0.0730. The van der Waals surface area contributed by atoms with E-state index >= 15 is 0 Å². The molecule has 3 aromatic carbocycles. The van der Waals surface area contributed by atoms with E-state index in [2.05, 4.69) is 0 Å². The molecule has 0 aliphatic heterocycles. The Morgan fingerprint density at radius 1 is 0.840 bits per heavy atom. The number of fused-ring (bicyclic) bond motifs is 1. The van der Waals surface area contributed by atoms with Crippen molar-refractivity contribution in [3.63, 3.8) is 0 Å². The van der Waals surface area contributed by atoms with Crippen LogP contribution in [0.15, 0.2) is 48.5 Å². The molecule has 0 unspecified atom stereocenters. The highest BCUT2D eigenvalue weighted by Crippen LogP contribution is 2.25. The van der Waals surface area contributed by atoms with Crippen LogP contribution in [0.25, 0.3) is 10.8 Å². The Morgan fingerprint density at radius 3 is 2.20 bits per heavy atom. The predicted octanol–water partition coefficient (Wildman–Crippen LogP) is 4.88. The quantitative estimate of drug-likeness (QED) is 0.499. The molecular weight excluding hydrogens is 333 g/mol. The van der Waals surface area contributed by atoms with Crippen LogP contribution >= 0.6 is 0 Å². The van der Waals surface area contributed by atoms with E-state index in [1.54, 1.807) is 6.92 Å². The summed E-state index contributed by atoms with van der Waals surface area (Å²) in [5.74, 6) is -3.24. The molecule has 0 bridgehead atoms. The maximum absolute atomic E-state index is 14.0. The maximum Gasteiger partial charge on any atom is 0.346 e. The van der Waals surface area contributed by atoms with Gasteiger partial charge in [0.2, 0.25) is 0 Å². The summed E-state index contributed by atoms with van der Waals surface area (Å²) in [5, 5.41) is 0.808. The molecule has 0 fully saturated rings. The molecule has 0 aliphatic carbocycles. The lowest BCUT2D eigenvalue weighted by Crippen LogP contribution is -2.11. The molecule has 0 atom stereocenters. The first kappa shape index (κ1) is 16.8. The molecule has 0 spiro atoms. The molecule has 0 aliphatic rings. The van der Waals surface area contributed by atoms with Crippen molar-refractivity contribution in [1.29, 1.82) is 0 Å². The molecule has 3 aromatic rings. The number of carbonyl (C=O) groups is 1. The summed E-state index contributed by atoms with van der Waals surface area (Å²) in [6, 6.07) is 10.1. The zero-order valence-electron chi connectivity index (χ0n) is 13.2. The van der Waals surface area contributed by atoms with E-state index in [9.17, 15) is 18.0 Å². The average Bonchev–Trinajstić information content (AvgIpc) is 2.56. The summed E-state index contributed by atoms with van der Waals surface area (Å²) in [6.45, 7) is 2.13. The average molecular weight is 346 g/mol. The summed E-state index contributed by atoms with van der Waals surface area (Å²) in [6.07, 6.45) is 0. The molecule has 25 heavy (non-hydrogen) atoms. The minimum atomic E-state index is -1.01. The van der Waals surface area contributed by atoms with Crippen LogP contribution in [-0.2, 0) is 0 Å². The van der Waals surface area contributed by atoms with Gasteiger partial charge >= 0.3 is 5.97 Å². The Balaban J connectivity index is 1.85. The number of esters is 1. The van der Waals surface area contributed by atoms with Gasteiger partial charge in [-0.1, -0.05) is 6.07 Å². The monoisotopic (exact) mass is 346 g/mol. The van der Waals surface area contributed by atoms with Crippen LogP contribution in [0.3, 0.4) is 0 Å². The molecule has 0 radical (unpaired) electrons. The third-order valence-electron chi connectivity index (χ3n) is 3.53. The van der Waals surface area contributed by atoms with Crippen LogP contribution in [0.4, 0.5) is 13.2 Å². The highest BCUT2D eigenvalue weighted by molar-refractivity contribution is 5.92. The number of rotatable bonds is 4. The fourth-order valence-electron chi connectivity index (χ4n) is 2.36. The zero-order chi connectivity index (χ0) is 18.0. The van der Waals surface area contributed by atoms with Crippen LogP contribution < -0.4 is 9.47 Å². The van der Waals surface area contributed by atoms with Gasteiger partial charge in [0, 0.05) is 6.07 Å². The first-order chi connectivity index (χ1) is 12.0. The Hall–Kier alpha value is -3.02. The van der Waals surface area contributed by atoms with Gasteiger partial charge in [-0.2, -0.15) is 0 Å². The van der Waals surface area contributed by atoms with Gasteiger partial charge in [-0.05, 0) is 54.1 Å². The zero-order valence-corrected chi connectivity index (χ0v) is 13.2. The van der Waals surface area contributed by atoms with Gasteiger partial charge in [-0.25, -0.2) is 18.0 Å². The van der Waals surface area contributed by atoms with Crippen LogP contribution in [-0.4, -0.2) is 12.6 Å². The van der Waals surface area contributed by atoms with Crippen molar-refractivity contribution in [2.45, 2.75) is 6.92 Å². The fraction of sp³-hybridized carbons (Fsp3) is 0.105. The molecule has 0 saturated carbocycles. The first-order valence-electron chi connectivity index (χ1n) is 7.51. The van der Waals surface area contributed by atoms with Gasteiger partial charge in [0.1, 0.15) is 17.3 Å². The van der Waals surface area contributed by atoms with Crippen molar-refractivity contribution in [2.24, 2.45) is 0 Å². The van der Waals surface area contributed by atoms with Crippen molar-refractivity contribution in [1.82, 2.24) is 0 Å². The third kappa shape index (κ3) is 3.57.